The van der Waals surface area contributed by atoms with Crippen molar-refractivity contribution >= 4 is 57.3 Å². The van der Waals surface area contributed by atoms with Gasteiger partial charge < -0.3 is 30.4 Å². The van der Waals surface area contributed by atoms with E-state index in [1.54, 1.807) is 18.2 Å². The number of ketones is 1. The number of Topliss-reactive ketones (excluding diaryl/α,β-unsaturated/α-hetero) is 1. The van der Waals surface area contributed by atoms with Crippen molar-refractivity contribution in [3.63, 3.8) is 0 Å². The number of thiocarbonyl (C=S) groups is 1. The van der Waals surface area contributed by atoms with Gasteiger partial charge in [-0.25, -0.2) is 8.78 Å². The minimum absolute atomic E-state index is 0.0123. The number of nitrogens with zero attached hydrogens (tertiary/aromatic N) is 2. The number of anilines is 1. The first-order valence-corrected chi connectivity index (χ1v) is 21.5. The number of aromatic nitrogens is 1. The Kier molecular flexibility index (Phi) is 13.6. The molecule has 0 spiro atoms. The molecule has 60 heavy (non-hydrogen) atoms. The maximum Gasteiger partial charge on any atom is 0.255 e. The summed E-state index contributed by atoms with van der Waals surface area (Å²) in [5.74, 6) is -3.29. The maximum atomic E-state index is 14.2. The van der Waals surface area contributed by atoms with Crippen molar-refractivity contribution in [2.45, 2.75) is 121 Å². The van der Waals surface area contributed by atoms with E-state index in [0.717, 1.165) is 78.1 Å². The second-order valence-corrected chi connectivity index (χ2v) is 16.7. The smallest absolute Gasteiger partial charge is 0.255 e. The quantitative estimate of drug-likeness (QED) is 0.0365. The lowest BCUT2D eigenvalue weighted by atomic mass is 9.92. The Bertz CT molecular complexity index is 2270. The number of nitrogens with one attached hydrogen (secondary N) is 1. The Morgan fingerprint density at radius 3 is 2.40 bits per heavy atom. The van der Waals surface area contributed by atoms with Crippen molar-refractivity contribution in [3.05, 3.63) is 83.0 Å². The maximum absolute atomic E-state index is 14.2. The number of piperidine rings is 1. The van der Waals surface area contributed by atoms with Crippen LogP contribution in [0.15, 0.2) is 60.8 Å². The first-order valence-electron chi connectivity index (χ1n) is 21.1. The van der Waals surface area contributed by atoms with E-state index in [1.807, 2.05) is 36.4 Å². The number of benzene rings is 3. The predicted molar refractivity (Wildman–Crippen MR) is 230 cm³/mol. The number of carbonyl (C=O) groups excluding carboxylic acids is 4. The highest BCUT2D eigenvalue weighted by molar-refractivity contribution is 7.80. The van der Waals surface area contributed by atoms with Crippen LogP contribution in [0.5, 0.6) is 5.75 Å². The summed E-state index contributed by atoms with van der Waals surface area (Å²) in [7, 11) is 0. The standard InChI is InChI=1S/C46H53F2N5O6S/c47-46(48)21-19-31(20-22-46)52-25-35(29-10-8-11-30(24-29)43(50)60)33-15-16-38(49)37(42(33)52)28-58-23-7-5-3-1-2-4-6-12-32(54)27-59-40-14-9-13-34-36(40)26-53(45(34)57)39-17-18-41(55)51-44(39)56/h8-11,13-16,24-25,31,39H,1-7,12,17-23,26-28,49H2,(H2,50,60)(H,51,55,56). The van der Waals surface area contributed by atoms with Crippen molar-refractivity contribution in [2.24, 2.45) is 5.73 Å². The van der Waals surface area contributed by atoms with Crippen LogP contribution in [-0.2, 0) is 32.3 Å². The topological polar surface area (TPSA) is 159 Å². The number of amides is 3. The molecule has 1 saturated heterocycles. The molecule has 1 saturated carbocycles. The van der Waals surface area contributed by atoms with Crippen LogP contribution in [0.3, 0.4) is 0 Å². The molecule has 11 nitrogen and oxygen atoms in total. The lowest BCUT2D eigenvalue weighted by Crippen LogP contribution is -2.52. The van der Waals surface area contributed by atoms with Crippen LogP contribution < -0.4 is 21.5 Å². The third kappa shape index (κ3) is 9.87. The fourth-order valence-corrected chi connectivity index (χ4v) is 8.88. The summed E-state index contributed by atoms with van der Waals surface area (Å²) in [5.41, 5.74) is 18.7. The van der Waals surface area contributed by atoms with Gasteiger partial charge in [0.2, 0.25) is 17.7 Å². The molecule has 3 amide bonds. The summed E-state index contributed by atoms with van der Waals surface area (Å²) < 4.78 is 42.6. The Labute approximate surface area is 354 Å². The molecule has 2 aliphatic heterocycles. The van der Waals surface area contributed by atoms with E-state index < -0.39 is 17.9 Å². The summed E-state index contributed by atoms with van der Waals surface area (Å²) in [6.45, 7) is 0.977. The molecular formula is C46H53F2N5O6S. The lowest BCUT2D eigenvalue weighted by molar-refractivity contribution is -0.137. The number of halogens is 2. The molecule has 0 bridgehead atoms. The highest BCUT2D eigenvalue weighted by Crippen LogP contribution is 2.44. The van der Waals surface area contributed by atoms with Gasteiger partial charge in [-0.3, -0.25) is 24.5 Å². The highest BCUT2D eigenvalue weighted by Gasteiger charge is 2.40. The minimum Gasteiger partial charge on any atom is -0.485 e. The zero-order chi connectivity index (χ0) is 42.4. The predicted octanol–water partition coefficient (Wildman–Crippen LogP) is 8.32. The highest BCUT2D eigenvalue weighted by atomic mass is 32.1. The number of alkyl halides is 2. The molecule has 2 fully saturated rings. The Hall–Kier alpha value is -5.21. The van der Waals surface area contributed by atoms with Gasteiger partial charge >= 0.3 is 0 Å². The molecule has 5 N–H and O–H groups in total. The normalized spacial score (nSPS) is 17.9. The second kappa shape index (κ2) is 19.0. The first kappa shape index (κ1) is 42.9. The van der Waals surface area contributed by atoms with Crippen LogP contribution in [0.2, 0.25) is 0 Å². The van der Waals surface area contributed by atoms with Gasteiger partial charge in [-0.15, -0.1) is 0 Å². The minimum atomic E-state index is -2.64. The molecule has 4 aromatic rings. The fourth-order valence-electron chi connectivity index (χ4n) is 8.76. The van der Waals surface area contributed by atoms with Gasteiger partial charge in [-0.05, 0) is 61.9 Å². The number of hydrogen-bond acceptors (Lipinski definition) is 8. The van der Waals surface area contributed by atoms with E-state index in [2.05, 4.69) is 16.1 Å². The van der Waals surface area contributed by atoms with Crippen molar-refractivity contribution in [2.75, 3.05) is 18.9 Å². The number of unbranched alkanes of at least 4 members (excludes halogenated alkanes) is 6. The van der Waals surface area contributed by atoms with E-state index in [4.69, 9.17) is 33.2 Å². The van der Waals surface area contributed by atoms with Crippen LogP contribution in [0.25, 0.3) is 22.0 Å². The molecule has 1 unspecified atom stereocenters. The molecule has 318 valence electrons. The number of imide groups is 1. The number of nitrogen functional groups attached to an aromatic ring is 1. The van der Waals surface area contributed by atoms with E-state index in [1.165, 1.54) is 4.90 Å². The molecule has 1 aliphatic carbocycles. The van der Waals surface area contributed by atoms with Gasteiger partial charge in [0.05, 0.1) is 18.7 Å². The molecule has 7 rings (SSSR count). The van der Waals surface area contributed by atoms with Crippen LogP contribution in [0.1, 0.15) is 123 Å². The summed E-state index contributed by atoms with van der Waals surface area (Å²) in [5, 5.41) is 3.29. The monoisotopic (exact) mass is 841 g/mol. The molecule has 1 atom stereocenters. The van der Waals surface area contributed by atoms with Gasteiger partial charge in [0.25, 0.3) is 5.91 Å². The summed E-state index contributed by atoms with van der Waals surface area (Å²) in [6.07, 6.45) is 10.1. The second-order valence-electron chi connectivity index (χ2n) is 16.3. The summed E-state index contributed by atoms with van der Waals surface area (Å²) in [4.78, 5) is 51.5. The average Bonchev–Trinajstić information content (AvgIpc) is 3.78. The largest absolute Gasteiger partial charge is 0.485 e. The number of nitrogens with two attached hydrogens (primary N) is 2. The van der Waals surface area contributed by atoms with Gasteiger partial charge in [0, 0.05) is 83.4 Å². The average molecular weight is 842 g/mol. The summed E-state index contributed by atoms with van der Waals surface area (Å²) in [6, 6.07) is 16.0. The Morgan fingerprint density at radius 1 is 0.917 bits per heavy atom. The van der Waals surface area contributed by atoms with Crippen molar-refractivity contribution < 1.29 is 37.4 Å². The third-order valence-corrected chi connectivity index (χ3v) is 12.3. The van der Waals surface area contributed by atoms with Crippen molar-refractivity contribution in [1.29, 1.82) is 0 Å². The van der Waals surface area contributed by atoms with Crippen LogP contribution in [0.4, 0.5) is 14.5 Å². The lowest BCUT2D eigenvalue weighted by Gasteiger charge is -2.30. The van der Waals surface area contributed by atoms with Crippen molar-refractivity contribution in [3.8, 4) is 16.9 Å². The fraction of sp³-hybridized carbons (Fsp3) is 0.457. The number of hydrogen-bond donors (Lipinski definition) is 3. The number of ether oxygens (including phenoxy) is 2. The van der Waals surface area contributed by atoms with E-state index in [-0.39, 0.29) is 62.5 Å². The first-order chi connectivity index (χ1) is 28.9. The Balaban J connectivity index is 0.833. The van der Waals surface area contributed by atoms with Gasteiger partial charge in [-0.1, -0.05) is 74.7 Å². The number of rotatable bonds is 19. The van der Waals surface area contributed by atoms with Crippen molar-refractivity contribution in [1.82, 2.24) is 14.8 Å². The van der Waals surface area contributed by atoms with E-state index in [0.29, 0.717) is 60.0 Å². The Morgan fingerprint density at radius 2 is 1.65 bits per heavy atom. The SMILES string of the molecule is NC(=S)c1cccc(-c2cn(C3CCC(F)(F)CC3)c3c(COCCCCCCCCCC(=O)COc4cccc5c4CN(C4CCC(=O)NC4=O)C5=O)c(N)ccc23)c1. The number of carbonyl (C=O) groups is 4. The van der Waals surface area contributed by atoms with Crippen LogP contribution in [-0.4, -0.2) is 63.1 Å². The number of fused-ring (bicyclic) bond motifs is 2. The molecule has 3 aromatic carbocycles. The van der Waals surface area contributed by atoms with Crippen LogP contribution >= 0.6 is 12.2 Å². The van der Waals surface area contributed by atoms with Gasteiger partial charge in [-0.2, -0.15) is 0 Å². The van der Waals surface area contributed by atoms with Crippen LogP contribution in [0, 0.1) is 0 Å². The third-order valence-electron chi connectivity index (χ3n) is 12.1. The zero-order valence-electron chi connectivity index (χ0n) is 33.8. The van der Waals surface area contributed by atoms with E-state index >= 15 is 0 Å². The molecule has 3 heterocycles. The summed E-state index contributed by atoms with van der Waals surface area (Å²) >= 11 is 5.24. The molecule has 3 aliphatic rings. The molecular weight excluding hydrogens is 789 g/mol. The van der Waals surface area contributed by atoms with Gasteiger partial charge in [0.1, 0.15) is 23.4 Å². The van der Waals surface area contributed by atoms with Gasteiger partial charge in [0.15, 0.2) is 5.78 Å². The molecule has 1 aromatic heterocycles. The van der Waals surface area contributed by atoms with E-state index in [9.17, 15) is 28.0 Å². The zero-order valence-corrected chi connectivity index (χ0v) is 34.6. The molecule has 0 radical (unpaired) electrons. The molecule has 14 heteroatoms.